The van der Waals surface area contributed by atoms with Crippen LogP contribution in [0.15, 0.2) is 0 Å². The molecule has 140 valence electrons. The molecule has 1 saturated carbocycles. The Morgan fingerprint density at radius 3 is 2.62 bits per heavy atom. The van der Waals surface area contributed by atoms with Gasteiger partial charge in [0.05, 0.1) is 12.1 Å². The van der Waals surface area contributed by atoms with Gasteiger partial charge in [0.15, 0.2) is 0 Å². The van der Waals surface area contributed by atoms with Gasteiger partial charge in [0.2, 0.25) is 0 Å². The van der Waals surface area contributed by atoms with Gasteiger partial charge in [0.25, 0.3) is 5.91 Å². The van der Waals surface area contributed by atoms with Crippen LogP contribution in [0.25, 0.3) is 0 Å². The molecular formula is C13H26N4O6S. The highest BCUT2D eigenvalue weighted by molar-refractivity contribution is 7.80. The number of amides is 1. The smallest absolute Gasteiger partial charge is 0.325 e. The van der Waals surface area contributed by atoms with Crippen LogP contribution in [0.3, 0.4) is 0 Å². The molecular weight excluding hydrogens is 340 g/mol. The number of carbonyl (C=O) groups excluding carboxylic acids is 1. The molecule has 2 unspecified atom stereocenters. The molecule has 0 radical (unpaired) electrons. The minimum atomic E-state index is -4.58. The molecule has 24 heavy (non-hydrogen) atoms. The highest BCUT2D eigenvalue weighted by Crippen LogP contribution is 2.30. The number of piperidine rings is 1. The Balaban J connectivity index is 1.82. The van der Waals surface area contributed by atoms with Crippen molar-refractivity contribution >= 4 is 16.3 Å². The van der Waals surface area contributed by atoms with Gasteiger partial charge in [-0.3, -0.25) is 14.2 Å². The molecule has 0 spiro atoms. The second kappa shape index (κ2) is 7.60. The molecule has 0 aromatic rings. The zero-order chi connectivity index (χ0) is 18.0. The molecule has 1 aliphatic carbocycles. The van der Waals surface area contributed by atoms with Crippen LogP contribution in [-0.2, 0) is 24.3 Å². The summed E-state index contributed by atoms with van der Waals surface area (Å²) in [6.07, 6.45) is 2.95. The first-order valence-electron chi connectivity index (χ1n) is 7.94. The van der Waals surface area contributed by atoms with Crippen molar-refractivity contribution in [3.05, 3.63) is 0 Å². The highest BCUT2D eigenvalue weighted by atomic mass is 32.3. The molecule has 1 aliphatic heterocycles. The van der Waals surface area contributed by atoms with E-state index in [4.69, 9.17) is 15.1 Å². The molecule has 2 fully saturated rings. The zero-order valence-electron chi connectivity index (χ0n) is 13.8. The molecule has 2 aliphatic rings. The Hall–Kier alpha value is -0.820. The largest absolute Gasteiger partial charge is 0.413 e. The van der Waals surface area contributed by atoms with Crippen molar-refractivity contribution in [1.82, 2.24) is 16.3 Å². The summed E-state index contributed by atoms with van der Waals surface area (Å²) in [6, 6.07) is -0.957. The lowest BCUT2D eigenvalue weighted by atomic mass is 9.76. The summed E-state index contributed by atoms with van der Waals surface area (Å²) in [4.78, 5) is 17.6. The second-order valence-electron chi connectivity index (χ2n) is 7.05. The summed E-state index contributed by atoms with van der Waals surface area (Å²) >= 11 is 0. The fourth-order valence-electron chi connectivity index (χ4n) is 3.09. The average molecular weight is 366 g/mol. The molecule has 2 rings (SSSR count). The van der Waals surface area contributed by atoms with Crippen molar-refractivity contribution in [2.45, 2.75) is 63.8 Å². The third kappa shape index (κ3) is 5.34. The monoisotopic (exact) mass is 366 g/mol. The average Bonchev–Trinajstić information content (AvgIpc) is 2.87. The number of nitrogens with one attached hydrogen (secondary N) is 3. The van der Waals surface area contributed by atoms with Gasteiger partial charge in [-0.2, -0.15) is 18.2 Å². The first-order chi connectivity index (χ1) is 11.1. The number of nitrogens with two attached hydrogens (primary N) is 1. The standard InChI is InChI=1S/C13H26N4O6S/c1-13(2)6-9(15-7-11(13)16-23-24(19,20)21)12(18)17-22-10-5-3-4-8(10)14/h8-11,15-16H,3-7,14H2,1-2H3,(H,17,18)(H,19,20,21)/t8?,9-,10?,11-/m0/s1. The summed E-state index contributed by atoms with van der Waals surface area (Å²) in [5.74, 6) is -0.295. The minimum Gasteiger partial charge on any atom is -0.325 e. The molecule has 1 saturated heterocycles. The molecule has 0 aromatic carbocycles. The summed E-state index contributed by atoms with van der Waals surface area (Å²) in [6.45, 7) is 4.02. The molecule has 1 heterocycles. The van der Waals surface area contributed by atoms with Crippen LogP contribution in [0.4, 0.5) is 0 Å². The van der Waals surface area contributed by atoms with Gasteiger partial charge >= 0.3 is 10.4 Å². The van der Waals surface area contributed by atoms with Gasteiger partial charge in [-0.1, -0.05) is 13.8 Å². The number of hydroxylamine groups is 2. The second-order valence-corrected chi connectivity index (χ2v) is 8.07. The first kappa shape index (κ1) is 19.5. The van der Waals surface area contributed by atoms with Gasteiger partial charge in [0.1, 0.15) is 6.10 Å². The van der Waals surface area contributed by atoms with Crippen LogP contribution in [-0.4, -0.2) is 49.7 Å². The third-order valence-electron chi connectivity index (χ3n) is 4.67. The van der Waals surface area contributed by atoms with Crippen LogP contribution in [0.2, 0.25) is 0 Å². The van der Waals surface area contributed by atoms with E-state index in [0.29, 0.717) is 6.42 Å². The molecule has 0 aromatic heterocycles. The summed E-state index contributed by atoms with van der Waals surface area (Å²) in [5, 5.41) is 3.01. The minimum absolute atomic E-state index is 0.0628. The van der Waals surface area contributed by atoms with E-state index in [0.717, 1.165) is 19.3 Å². The molecule has 10 nitrogen and oxygen atoms in total. The van der Waals surface area contributed by atoms with Crippen LogP contribution in [0, 0.1) is 5.41 Å². The maximum atomic E-state index is 12.2. The predicted octanol–water partition coefficient (Wildman–Crippen LogP) is -1.01. The fraction of sp³-hybridized carbons (Fsp3) is 0.923. The van der Waals surface area contributed by atoms with Gasteiger partial charge in [-0.05, 0) is 31.1 Å². The number of hydrogen-bond acceptors (Lipinski definition) is 8. The molecule has 1 amide bonds. The van der Waals surface area contributed by atoms with Gasteiger partial charge < -0.3 is 11.1 Å². The van der Waals surface area contributed by atoms with Gasteiger partial charge in [-0.25, -0.2) is 5.48 Å². The molecule has 6 N–H and O–H groups in total. The molecule has 11 heteroatoms. The van der Waals surface area contributed by atoms with E-state index in [9.17, 15) is 13.2 Å². The number of rotatable bonds is 6. The van der Waals surface area contributed by atoms with Gasteiger partial charge in [0, 0.05) is 12.6 Å². The number of hydrogen-bond donors (Lipinski definition) is 5. The van der Waals surface area contributed by atoms with E-state index < -0.39 is 27.9 Å². The predicted molar refractivity (Wildman–Crippen MR) is 84.6 cm³/mol. The van der Waals surface area contributed by atoms with Crippen LogP contribution in [0.1, 0.15) is 39.5 Å². The van der Waals surface area contributed by atoms with Crippen molar-refractivity contribution < 1.29 is 26.9 Å². The van der Waals surface area contributed by atoms with E-state index in [1.807, 2.05) is 13.8 Å². The lowest BCUT2D eigenvalue weighted by Crippen LogP contribution is -2.61. The quantitative estimate of drug-likeness (QED) is 0.294. The summed E-state index contributed by atoms with van der Waals surface area (Å²) in [7, 11) is -4.58. The molecule has 4 atom stereocenters. The van der Waals surface area contributed by atoms with E-state index in [1.54, 1.807) is 0 Å². The first-order valence-corrected chi connectivity index (χ1v) is 9.31. The van der Waals surface area contributed by atoms with Crippen molar-refractivity contribution in [1.29, 1.82) is 0 Å². The Labute approximate surface area is 141 Å². The van der Waals surface area contributed by atoms with Crippen molar-refractivity contribution in [3.63, 3.8) is 0 Å². The Bertz CT molecular complexity index is 555. The SMILES string of the molecule is CC1(C)C[C@@H](C(=O)NOC2CCCC2N)NC[C@@H]1NOS(=O)(=O)O. The third-order valence-corrected chi connectivity index (χ3v) is 4.98. The van der Waals surface area contributed by atoms with Crippen LogP contribution >= 0.6 is 0 Å². The number of carbonyl (C=O) groups is 1. The van der Waals surface area contributed by atoms with Crippen LogP contribution < -0.4 is 22.0 Å². The zero-order valence-corrected chi connectivity index (χ0v) is 14.6. The maximum Gasteiger partial charge on any atom is 0.413 e. The lowest BCUT2D eigenvalue weighted by molar-refractivity contribution is -0.143. The van der Waals surface area contributed by atoms with E-state index in [2.05, 4.69) is 20.6 Å². The van der Waals surface area contributed by atoms with E-state index in [-0.39, 0.29) is 24.6 Å². The highest BCUT2D eigenvalue weighted by Gasteiger charge is 2.40. The van der Waals surface area contributed by atoms with E-state index in [1.165, 1.54) is 0 Å². The molecule has 0 bridgehead atoms. The lowest BCUT2D eigenvalue weighted by Gasteiger charge is -2.41. The van der Waals surface area contributed by atoms with Crippen molar-refractivity contribution in [2.75, 3.05) is 6.54 Å². The van der Waals surface area contributed by atoms with Gasteiger partial charge in [-0.15, -0.1) is 0 Å². The van der Waals surface area contributed by atoms with E-state index >= 15 is 0 Å². The van der Waals surface area contributed by atoms with Crippen molar-refractivity contribution in [2.24, 2.45) is 11.1 Å². The topological polar surface area (TPSA) is 152 Å². The maximum absolute atomic E-state index is 12.2. The Morgan fingerprint density at radius 2 is 2.08 bits per heavy atom. The Kier molecular flexibility index (Phi) is 6.18. The van der Waals surface area contributed by atoms with Crippen LogP contribution in [0.5, 0.6) is 0 Å². The van der Waals surface area contributed by atoms with Crippen molar-refractivity contribution in [3.8, 4) is 0 Å². The fourth-order valence-corrected chi connectivity index (χ4v) is 3.33. The Morgan fingerprint density at radius 1 is 1.38 bits per heavy atom. The normalized spacial score (nSPS) is 33.3. The summed E-state index contributed by atoms with van der Waals surface area (Å²) < 4.78 is 34.2. The summed E-state index contributed by atoms with van der Waals surface area (Å²) in [5.41, 5.74) is 10.2.